The van der Waals surface area contributed by atoms with Crippen LogP contribution < -0.4 is 0 Å². The molecule has 0 fully saturated rings. The van der Waals surface area contributed by atoms with Crippen LogP contribution in [0.2, 0.25) is 0 Å². The predicted molar refractivity (Wildman–Crippen MR) is 54.6 cm³/mol. The number of hydrogen-bond donors (Lipinski definition) is 1. The molecule has 0 aliphatic rings. The molecule has 0 amide bonds. The number of carbonyl (C=O) groups is 1. The Kier molecular flexibility index (Phi) is 5.62. The van der Waals surface area contributed by atoms with E-state index in [1.165, 1.54) is 0 Å². The van der Waals surface area contributed by atoms with Crippen LogP contribution >= 0.6 is 0 Å². The van der Waals surface area contributed by atoms with E-state index in [1.54, 1.807) is 6.07 Å². The number of nitriles is 1. The van der Waals surface area contributed by atoms with E-state index in [9.17, 15) is 4.79 Å². The summed E-state index contributed by atoms with van der Waals surface area (Å²) in [5, 5.41) is 17.5. The van der Waals surface area contributed by atoms with Crippen molar-refractivity contribution in [2.24, 2.45) is 5.92 Å². The van der Waals surface area contributed by atoms with Crippen LogP contribution in [0.1, 0.15) is 40.0 Å². The number of rotatable bonds is 5. The van der Waals surface area contributed by atoms with Crippen molar-refractivity contribution in [3.05, 3.63) is 11.1 Å². The Hall–Kier alpha value is -1.30. The summed E-state index contributed by atoms with van der Waals surface area (Å²) in [6.07, 6.45) is 2.27. The second-order valence-corrected chi connectivity index (χ2v) is 3.74. The highest BCUT2D eigenvalue weighted by molar-refractivity contribution is 5.92. The second kappa shape index (κ2) is 6.20. The fraction of sp³-hybridized carbons (Fsp3) is 0.636. The van der Waals surface area contributed by atoms with Crippen molar-refractivity contribution >= 4 is 5.97 Å². The average molecular weight is 195 g/mol. The molecule has 0 aliphatic carbocycles. The molecule has 0 atom stereocenters. The summed E-state index contributed by atoms with van der Waals surface area (Å²) in [7, 11) is 0. The van der Waals surface area contributed by atoms with Crippen LogP contribution in [0.4, 0.5) is 0 Å². The van der Waals surface area contributed by atoms with Crippen molar-refractivity contribution in [3.8, 4) is 6.07 Å². The molecule has 0 heterocycles. The Morgan fingerprint density at radius 2 is 2.07 bits per heavy atom. The SMILES string of the molecule is CCCC(CC(C)C)=C(C#N)C(=O)O. The topological polar surface area (TPSA) is 61.1 Å². The summed E-state index contributed by atoms with van der Waals surface area (Å²) in [5.41, 5.74) is 0.707. The van der Waals surface area contributed by atoms with Gasteiger partial charge >= 0.3 is 5.97 Å². The van der Waals surface area contributed by atoms with Gasteiger partial charge in [-0.2, -0.15) is 5.26 Å². The van der Waals surface area contributed by atoms with Gasteiger partial charge in [0.25, 0.3) is 0 Å². The lowest BCUT2D eigenvalue weighted by atomic mass is 9.95. The van der Waals surface area contributed by atoms with Crippen molar-refractivity contribution in [3.63, 3.8) is 0 Å². The molecule has 0 aromatic rings. The van der Waals surface area contributed by atoms with Crippen LogP contribution in [0, 0.1) is 17.2 Å². The highest BCUT2D eigenvalue weighted by atomic mass is 16.4. The monoisotopic (exact) mass is 195 g/mol. The van der Waals surface area contributed by atoms with Gasteiger partial charge in [0.1, 0.15) is 11.6 Å². The van der Waals surface area contributed by atoms with E-state index in [-0.39, 0.29) is 5.57 Å². The molecule has 0 aliphatic heterocycles. The minimum atomic E-state index is -1.10. The second-order valence-electron chi connectivity index (χ2n) is 3.74. The molecule has 0 saturated heterocycles. The predicted octanol–water partition coefficient (Wildman–Crippen LogP) is 2.74. The summed E-state index contributed by atoms with van der Waals surface area (Å²) in [6.45, 7) is 6.02. The van der Waals surface area contributed by atoms with Gasteiger partial charge in [-0.25, -0.2) is 4.79 Å². The molecule has 3 nitrogen and oxygen atoms in total. The zero-order valence-corrected chi connectivity index (χ0v) is 9.00. The van der Waals surface area contributed by atoms with Crippen molar-refractivity contribution in [2.75, 3.05) is 0 Å². The van der Waals surface area contributed by atoms with Gasteiger partial charge in [0.2, 0.25) is 0 Å². The molecule has 0 spiro atoms. The minimum absolute atomic E-state index is 0.0689. The first kappa shape index (κ1) is 12.7. The summed E-state index contributed by atoms with van der Waals surface area (Å²) in [4.78, 5) is 10.7. The van der Waals surface area contributed by atoms with E-state index in [1.807, 2.05) is 20.8 Å². The minimum Gasteiger partial charge on any atom is -0.477 e. The summed E-state index contributed by atoms with van der Waals surface area (Å²) in [6, 6.07) is 1.77. The van der Waals surface area contributed by atoms with Crippen LogP contribution in [-0.4, -0.2) is 11.1 Å². The van der Waals surface area contributed by atoms with E-state index in [2.05, 4.69) is 0 Å². The lowest BCUT2D eigenvalue weighted by molar-refractivity contribution is -0.132. The molecule has 0 bridgehead atoms. The maximum absolute atomic E-state index is 10.7. The molecule has 3 heteroatoms. The van der Waals surface area contributed by atoms with Crippen LogP contribution in [0.15, 0.2) is 11.1 Å². The normalized spacial score (nSPS) is 12.2. The zero-order valence-electron chi connectivity index (χ0n) is 9.00. The van der Waals surface area contributed by atoms with E-state index in [4.69, 9.17) is 10.4 Å². The van der Waals surface area contributed by atoms with Crippen molar-refractivity contribution in [2.45, 2.75) is 40.0 Å². The molecule has 0 radical (unpaired) electrons. The third kappa shape index (κ3) is 4.08. The van der Waals surface area contributed by atoms with Gasteiger partial charge < -0.3 is 5.11 Å². The van der Waals surface area contributed by atoms with Gasteiger partial charge in [-0.15, -0.1) is 0 Å². The first-order valence-corrected chi connectivity index (χ1v) is 4.88. The number of carboxylic acids is 1. The fourth-order valence-electron chi connectivity index (χ4n) is 1.40. The van der Waals surface area contributed by atoms with Gasteiger partial charge in [-0.1, -0.05) is 27.2 Å². The van der Waals surface area contributed by atoms with Crippen molar-refractivity contribution < 1.29 is 9.90 Å². The van der Waals surface area contributed by atoms with Gasteiger partial charge in [-0.05, 0) is 24.3 Å². The fourth-order valence-corrected chi connectivity index (χ4v) is 1.40. The highest BCUT2D eigenvalue weighted by Gasteiger charge is 2.14. The van der Waals surface area contributed by atoms with Gasteiger partial charge in [0.05, 0.1) is 0 Å². The standard InChI is InChI=1S/C11H17NO2/c1-4-5-9(6-8(2)3)10(7-12)11(13)14/h8H,4-6H2,1-3H3,(H,13,14). The molecular formula is C11H17NO2. The Bertz CT molecular complexity index is 272. The number of carboxylic acid groups (broad SMARTS) is 1. The quantitative estimate of drug-likeness (QED) is 0.542. The lowest BCUT2D eigenvalue weighted by Crippen LogP contribution is -2.05. The third-order valence-corrected chi connectivity index (χ3v) is 1.89. The molecule has 14 heavy (non-hydrogen) atoms. The highest BCUT2D eigenvalue weighted by Crippen LogP contribution is 2.20. The van der Waals surface area contributed by atoms with Crippen molar-refractivity contribution in [1.29, 1.82) is 5.26 Å². The average Bonchev–Trinajstić information content (AvgIpc) is 2.03. The van der Waals surface area contributed by atoms with Gasteiger partial charge in [-0.3, -0.25) is 0 Å². The molecule has 0 saturated carbocycles. The summed E-state index contributed by atoms with van der Waals surface area (Å²) < 4.78 is 0. The van der Waals surface area contributed by atoms with Gasteiger partial charge in [0.15, 0.2) is 0 Å². The maximum atomic E-state index is 10.7. The van der Waals surface area contributed by atoms with E-state index in [0.717, 1.165) is 12.0 Å². The van der Waals surface area contributed by atoms with E-state index in [0.29, 0.717) is 18.8 Å². The Balaban J connectivity index is 4.91. The molecule has 0 unspecified atom stereocenters. The number of allylic oxidation sites excluding steroid dienone is 1. The molecule has 1 N–H and O–H groups in total. The summed E-state index contributed by atoms with van der Waals surface area (Å²) in [5.74, 6) is -0.712. The van der Waals surface area contributed by atoms with Crippen LogP contribution in [-0.2, 0) is 4.79 Å². The zero-order chi connectivity index (χ0) is 11.1. The smallest absolute Gasteiger partial charge is 0.346 e. The first-order chi connectivity index (χ1) is 6.52. The molecule has 78 valence electrons. The Morgan fingerprint density at radius 3 is 2.36 bits per heavy atom. The maximum Gasteiger partial charge on any atom is 0.346 e. The first-order valence-electron chi connectivity index (χ1n) is 4.88. The molecule has 0 aromatic carbocycles. The lowest BCUT2D eigenvalue weighted by Gasteiger charge is -2.09. The Morgan fingerprint density at radius 1 is 1.50 bits per heavy atom. The number of aliphatic carboxylic acids is 1. The largest absolute Gasteiger partial charge is 0.477 e. The van der Waals surface area contributed by atoms with Gasteiger partial charge in [0, 0.05) is 0 Å². The van der Waals surface area contributed by atoms with E-state index < -0.39 is 5.97 Å². The number of hydrogen-bond acceptors (Lipinski definition) is 2. The van der Waals surface area contributed by atoms with Crippen LogP contribution in [0.3, 0.4) is 0 Å². The van der Waals surface area contributed by atoms with Crippen LogP contribution in [0.25, 0.3) is 0 Å². The Labute approximate surface area is 85.0 Å². The molecule has 0 aromatic heterocycles. The molecule has 0 rings (SSSR count). The van der Waals surface area contributed by atoms with Crippen molar-refractivity contribution in [1.82, 2.24) is 0 Å². The third-order valence-electron chi connectivity index (χ3n) is 1.89. The number of nitrogens with zero attached hydrogens (tertiary/aromatic N) is 1. The summed E-state index contributed by atoms with van der Waals surface area (Å²) >= 11 is 0. The van der Waals surface area contributed by atoms with E-state index >= 15 is 0 Å². The molecular weight excluding hydrogens is 178 g/mol. The van der Waals surface area contributed by atoms with Crippen LogP contribution in [0.5, 0.6) is 0 Å².